The third-order valence-corrected chi connectivity index (χ3v) is 4.81. The summed E-state index contributed by atoms with van der Waals surface area (Å²) >= 11 is 0. The highest BCUT2D eigenvalue weighted by Crippen LogP contribution is 2.36. The molecule has 0 amide bonds. The molecular formula is C18H24N2O. The second kappa shape index (κ2) is 6.02. The number of rotatable bonds is 3. The van der Waals surface area contributed by atoms with Gasteiger partial charge in [0, 0.05) is 11.8 Å². The Bertz CT molecular complexity index is 576. The summed E-state index contributed by atoms with van der Waals surface area (Å²) in [6.07, 6.45) is 6.74. The summed E-state index contributed by atoms with van der Waals surface area (Å²) < 4.78 is 1.97. The van der Waals surface area contributed by atoms with E-state index in [2.05, 4.69) is 37.3 Å². The molecule has 1 aliphatic carbocycles. The van der Waals surface area contributed by atoms with Crippen LogP contribution in [0.1, 0.15) is 39.2 Å². The second-order valence-corrected chi connectivity index (χ2v) is 6.53. The zero-order valence-electron chi connectivity index (χ0n) is 12.8. The normalized spacial score (nSPS) is 26.2. The summed E-state index contributed by atoms with van der Waals surface area (Å²) in [5.74, 6) is 1.35. The largest absolute Gasteiger partial charge is 0.391 e. The maximum absolute atomic E-state index is 10.3. The maximum Gasteiger partial charge on any atom is 0.0781 e. The molecule has 3 heteroatoms. The number of nitrogens with zero attached hydrogens (tertiary/aromatic N) is 2. The van der Waals surface area contributed by atoms with Crippen LogP contribution in [0.15, 0.2) is 42.7 Å². The zero-order valence-corrected chi connectivity index (χ0v) is 12.8. The molecule has 0 saturated heterocycles. The number of benzene rings is 1. The number of hydrogen-bond acceptors (Lipinski definition) is 2. The number of hydrogen-bond donors (Lipinski definition) is 1. The van der Waals surface area contributed by atoms with E-state index >= 15 is 0 Å². The van der Waals surface area contributed by atoms with E-state index < -0.39 is 0 Å². The Balaban J connectivity index is 1.81. The first-order chi connectivity index (χ1) is 10.1. The summed E-state index contributed by atoms with van der Waals surface area (Å²) in [6, 6.07) is 10.4. The van der Waals surface area contributed by atoms with Crippen molar-refractivity contribution in [3.05, 3.63) is 42.7 Å². The Morgan fingerprint density at radius 2 is 1.90 bits per heavy atom. The molecule has 0 radical (unpaired) electrons. The topological polar surface area (TPSA) is 38.0 Å². The zero-order chi connectivity index (χ0) is 14.8. The van der Waals surface area contributed by atoms with Gasteiger partial charge in [-0.05, 0) is 36.7 Å². The summed E-state index contributed by atoms with van der Waals surface area (Å²) in [7, 11) is 0. The molecule has 1 fully saturated rings. The fourth-order valence-corrected chi connectivity index (χ4v) is 3.35. The fraction of sp³-hybridized carbons (Fsp3) is 0.500. The lowest BCUT2D eigenvalue weighted by Crippen LogP contribution is -2.33. The van der Waals surface area contributed by atoms with Crippen molar-refractivity contribution in [2.45, 2.75) is 45.3 Å². The molecule has 3 nitrogen and oxygen atoms in total. The Morgan fingerprint density at radius 1 is 1.14 bits per heavy atom. The first kappa shape index (κ1) is 14.3. The lowest BCUT2D eigenvalue weighted by Gasteiger charge is -2.35. The SMILES string of the molecule is CC(C)C1CCC(O)C(n2cc(-c3ccccc3)cn2)C1. The van der Waals surface area contributed by atoms with Crippen LogP contribution in [0.2, 0.25) is 0 Å². The van der Waals surface area contributed by atoms with Gasteiger partial charge in [0.2, 0.25) is 0 Å². The molecule has 3 atom stereocenters. The third kappa shape index (κ3) is 3.03. The lowest BCUT2D eigenvalue weighted by molar-refractivity contribution is 0.0383. The van der Waals surface area contributed by atoms with E-state index in [9.17, 15) is 5.11 Å². The molecular weight excluding hydrogens is 260 g/mol. The van der Waals surface area contributed by atoms with Crippen molar-refractivity contribution in [2.24, 2.45) is 11.8 Å². The summed E-state index contributed by atoms with van der Waals surface area (Å²) in [5.41, 5.74) is 2.30. The van der Waals surface area contributed by atoms with E-state index in [0.29, 0.717) is 11.8 Å². The summed E-state index contributed by atoms with van der Waals surface area (Å²) in [6.45, 7) is 4.55. The predicted molar refractivity (Wildman–Crippen MR) is 84.9 cm³/mol. The Kier molecular flexibility index (Phi) is 4.11. The fourth-order valence-electron chi connectivity index (χ4n) is 3.35. The van der Waals surface area contributed by atoms with Crippen molar-refractivity contribution < 1.29 is 5.11 Å². The third-order valence-electron chi connectivity index (χ3n) is 4.81. The molecule has 3 rings (SSSR count). The van der Waals surface area contributed by atoms with Crippen LogP contribution in [0.3, 0.4) is 0 Å². The molecule has 21 heavy (non-hydrogen) atoms. The minimum Gasteiger partial charge on any atom is -0.391 e. The van der Waals surface area contributed by atoms with Gasteiger partial charge in [0.25, 0.3) is 0 Å². The minimum atomic E-state index is -0.275. The van der Waals surface area contributed by atoms with Crippen LogP contribution in [-0.2, 0) is 0 Å². The average Bonchev–Trinajstić information content (AvgIpc) is 2.98. The molecule has 112 valence electrons. The standard InChI is InChI=1S/C18H24N2O/c1-13(2)15-8-9-18(21)17(10-15)20-12-16(11-19-20)14-6-4-3-5-7-14/h3-7,11-13,15,17-18,21H,8-10H2,1-2H3. The Morgan fingerprint density at radius 3 is 2.62 bits per heavy atom. The van der Waals surface area contributed by atoms with Crippen molar-refractivity contribution in [2.75, 3.05) is 0 Å². The Labute approximate surface area is 126 Å². The smallest absolute Gasteiger partial charge is 0.0781 e. The van der Waals surface area contributed by atoms with Crippen molar-refractivity contribution in [1.29, 1.82) is 0 Å². The van der Waals surface area contributed by atoms with Gasteiger partial charge in [-0.3, -0.25) is 4.68 Å². The molecule has 3 unspecified atom stereocenters. The molecule has 0 aliphatic heterocycles. The molecule has 1 saturated carbocycles. The molecule has 1 aliphatic rings. The van der Waals surface area contributed by atoms with Crippen molar-refractivity contribution in [3.8, 4) is 11.1 Å². The van der Waals surface area contributed by atoms with Crippen molar-refractivity contribution in [1.82, 2.24) is 9.78 Å². The van der Waals surface area contributed by atoms with E-state index in [1.807, 2.05) is 29.1 Å². The molecule has 0 bridgehead atoms. The second-order valence-electron chi connectivity index (χ2n) is 6.53. The molecule has 1 aromatic carbocycles. The van der Waals surface area contributed by atoms with Crippen LogP contribution in [0.5, 0.6) is 0 Å². The van der Waals surface area contributed by atoms with Crippen LogP contribution in [-0.4, -0.2) is 21.0 Å². The van der Waals surface area contributed by atoms with E-state index in [4.69, 9.17) is 0 Å². The maximum atomic E-state index is 10.3. The van der Waals surface area contributed by atoms with Gasteiger partial charge in [-0.25, -0.2) is 0 Å². The first-order valence-corrected chi connectivity index (χ1v) is 7.93. The van der Waals surface area contributed by atoms with E-state index in [1.165, 1.54) is 5.56 Å². The molecule has 1 aromatic heterocycles. The highest BCUT2D eigenvalue weighted by molar-refractivity contribution is 5.61. The molecule has 2 aromatic rings. The van der Waals surface area contributed by atoms with Crippen molar-refractivity contribution in [3.63, 3.8) is 0 Å². The van der Waals surface area contributed by atoms with Gasteiger partial charge in [-0.15, -0.1) is 0 Å². The van der Waals surface area contributed by atoms with Crippen LogP contribution in [0, 0.1) is 11.8 Å². The monoisotopic (exact) mass is 284 g/mol. The van der Waals surface area contributed by atoms with Crippen LogP contribution in [0.25, 0.3) is 11.1 Å². The first-order valence-electron chi connectivity index (χ1n) is 7.93. The van der Waals surface area contributed by atoms with E-state index in [-0.39, 0.29) is 12.1 Å². The van der Waals surface area contributed by atoms with Crippen LogP contribution in [0.4, 0.5) is 0 Å². The van der Waals surface area contributed by atoms with Gasteiger partial charge >= 0.3 is 0 Å². The number of aliphatic hydroxyl groups is 1. The van der Waals surface area contributed by atoms with Crippen LogP contribution >= 0.6 is 0 Å². The molecule has 1 N–H and O–H groups in total. The van der Waals surface area contributed by atoms with Crippen LogP contribution < -0.4 is 0 Å². The van der Waals surface area contributed by atoms with Gasteiger partial charge in [-0.1, -0.05) is 44.2 Å². The minimum absolute atomic E-state index is 0.114. The summed E-state index contributed by atoms with van der Waals surface area (Å²) in [4.78, 5) is 0. The van der Waals surface area contributed by atoms with Gasteiger partial charge in [0.1, 0.15) is 0 Å². The predicted octanol–water partition coefficient (Wildman–Crippen LogP) is 3.91. The summed E-state index contributed by atoms with van der Waals surface area (Å²) in [5, 5.41) is 14.9. The quantitative estimate of drug-likeness (QED) is 0.928. The average molecular weight is 284 g/mol. The molecule has 1 heterocycles. The van der Waals surface area contributed by atoms with E-state index in [0.717, 1.165) is 24.8 Å². The van der Waals surface area contributed by atoms with E-state index in [1.54, 1.807) is 0 Å². The van der Waals surface area contributed by atoms with Gasteiger partial charge in [0.05, 0.1) is 18.3 Å². The lowest BCUT2D eigenvalue weighted by atomic mass is 9.78. The number of aliphatic hydroxyl groups excluding tert-OH is 1. The van der Waals surface area contributed by atoms with Gasteiger partial charge in [0.15, 0.2) is 0 Å². The molecule has 0 spiro atoms. The van der Waals surface area contributed by atoms with Gasteiger partial charge in [-0.2, -0.15) is 5.10 Å². The van der Waals surface area contributed by atoms with Gasteiger partial charge < -0.3 is 5.11 Å². The highest BCUT2D eigenvalue weighted by Gasteiger charge is 2.32. The van der Waals surface area contributed by atoms with Crippen molar-refractivity contribution >= 4 is 0 Å². The number of aromatic nitrogens is 2. The Hall–Kier alpha value is -1.61. The highest BCUT2D eigenvalue weighted by atomic mass is 16.3.